The van der Waals surface area contributed by atoms with Gasteiger partial charge in [0.05, 0.1) is 0 Å². The summed E-state index contributed by atoms with van der Waals surface area (Å²) in [6.45, 7) is 6.33. The van der Waals surface area contributed by atoms with Gasteiger partial charge in [-0.1, -0.05) is 62.2 Å². The van der Waals surface area contributed by atoms with E-state index in [1.165, 1.54) is 49.8 Å². The van der Waals surface area contributed by atoms with E-state index in [2.05, 4.69) is 64.2 Å². The van der Waals surface area contributed by atoms with Crippen molar-refractivity contribution in [2.75, 3.05) is 19.6 Å². The molecule has 1 amide bonds. The zero-order valence-corrected chi connectivity index (χ0v) is 22.3. The van der Waals surface area contributed by atoms with Gasteiger partial charge in [-0.3, -0.25) is 9.78 Å². The summed E-state index contributed by atoms with van der Waals surface area (Å²) in [6, 6.07) is 21.4. The molecule has 0 bridgehead atoms. The maximum Gasteiger partial charge on any atom is 0.254 e. The van der Waals surface area contributed by atoms with E-state index in [1.807, 2.05) is 24.4 Å². The molecule has 3 aromatic rings. The van der Waals surface area contributed by atoms with Crippen molar-refractivity contribution in [2.45, 2.75) is 70.9 Å². The molecule has 0 unspecified atom stereocenters. The van der Waals surface area contributed by atoms with Crippen LogP contribution < -0.4 is 0 Å². The standard InChI is InChI=1S/C33H41N3O/c1-2-3-4-6-26-10-16-30(17-11-26)33(37)36(32-18-21-35(22-19-32)24-27-8-9-27)25-28-12-14-29(15-13-28)31-7-5-20-34-23-31/h5,7,10-17,20,23,27,32H,2-4,6,8-9,18-19,21-22,24-25H2,1H3. The third kappa shape index (κ3) is 7.07. The molecule has 4 nitrogen and oxygen atoms in total. The molecule has 0 radical (unpaired) electrons. The Morgan fingerprint density at radius 2 is 1.62 bits per heavy atom. The van der Waals surface area contributed by atoms with Crippen molar-refractivity contribution in [2.24, 2.45) is 5.92 Å². The number of likely N-dealkylation sites (tertiary alicyclic amines) is 1. The maximum absolute atomic E-state index is 13.9. The fourth-order valence-corrected chi connectivity index (χ4v) is 5.54. The van der Waals surface area contributed by atoms with Crippen LogP contribution in [0.15, 0.2) is 73.1 Å². The molecule has 5 rings (SSSR count). The maximum atomic E-state index is 13.9. The van der Waals surface area contributed by atoms with Crippen LogP contribution >= 0.6 is 0 Å². The predicted octanol–water partition coefficient (Wildman–Crippen LogP) is 7.00. The average Bonchev–Trinajstić information content (AvgIpc) is 3.77. The van der Waals surface area contributed by atoms with Crippen LogP contribution in [0.3, 0.4) is 0 Å². The van der Waals surface area contributed by atoms with Gasteiger partial charge in [0, 0.05) is 50.2 Å². The Morgan fingerprint density at radius 1 is 0.892 bits per heavy atom. The van der Waals surface area contributed by atoms with Gasteiger partial charge in [0.2, 0.25) is 0 Å². The molecule has 2 heterocycles. The predicted molar refractivity (Wildman–Crippen MR) is 151 cm³/mol. The van der Waals surface area contributed by atoms with Crippen molar-refractivity contribution in [3.63, 3.8) is 0 Å². The number of pyridine rings is 1. The van der Waals surface area contributed by atoms with Crippen molar-refractivity contribution in [1.82, 2.24) is 14.8 Å². The van der Waals surface area contributed by atoms with Crippen LogP contribution in [-0.4, -0.2) is 46.4 Å². The molecular weight excluding hydrogens is 454 g/mol. The van der Waals surface area contributed by atoms with Gasteiger partial charge in [-0.2, -0.15) is 0 Å². The SMILES string of the molecule is CCCCCc1ccc(C(=O)N(Cc2ccc(-c3cccnc3)cc2)C2CCN(CC3CC3)CC2)cc1. The van der Waals surface area contributed by atoms with Crippen LogP contribution in [0, 0.1) is 5.92 Å². The van der Waals surface area contributed by atoms with Crippen molar-refractivity contribution in [3.8, 4) is 11.1 Å². The molecule has 37 heavy (non-hydrogen) atoms. The number of benzene rings is 2. The first-order valence-electron chi connectivity index (χ1n) is 14.3. The van der Waals surface area contributed by atoms with E-state index in [1.54, 1.807) is 6.20 Å². The lowest BCUT2D eigenvalue weighted by Gasteiger charge is -2.39. The highest BCUT2D eigenvalue weighted by molar-refractivity contribution is 5.94. The van der Waals surface area contributed by atoms with Crippen LogP contribution in [-0.2, 0) is 13.0 Å². The van der Waals surface area contributed by atoms with Gasteiger partial charge in [-0.15, -0.1) is 0 Å². The van der Waals surface area contributed by atoms with E-state index in [4.69, 9.17) is 0 Å². The van der Waals surface area contributed by atoms with Gasteiger partial charge in [-0.25, -0.2) is 0 Å². The monoisotopic (exact) mass is 495 g/mol. The number of piperidine rings is 1. The first-order valence-corrected chi connectivity index (χ1v) is 14.3. The number of carbonyl (C=O) groups excluding carboxylic acids is 1. The Morgan fingerprint density at radius 3 is 2.27 bits per heavy atom. The summed E-state index contributed by atoms with van der Waals surface area (Å²) >= 11 is 0. The quantitative estimate of drug-likeness (QED) is 0.269. The van der Waals surface area contributed by atoms with E-state index < -0.39 is 0 Å². The smallest absolute Gasteiger partial charge is 0.254 e. The van der Waals surface area contributed by atoms with Crippen LogP contribution in [0.5, 0.6) is 0 Å². The number of aromatic nitrogens is 1. The van der Waals surface area contributed by atoms with E-state index in [9.17, 15) is 4.79 Å². The third-order valence-corrected chi connectivity index (χ3v) is 8.04. The molecule has 2 aromatic carbocycles. The summed E-state index contributed by atoms with van der Waals surface area (Å²) in [4.78, 5) is 22.9. The summed E-state index contributed by atoms with van der Waals surface area (Å²) in [5.74, 6) is 1.08. The van der Waals surface area contributed by atoms with Crippen LogP contribution in [0.1, 0.15) is 73.4 Å². The summed E-state index contributed by atoms with van der Waals surface area (Å²) in [6.07, 6.45) is 13.4. The van der Waals surface area contributed by atoms with Gasteiger partial charge in [0.15, 0.2) is 0 Å². The minimum absolute atomic E-state index is 0.164. The van der Waals surface area contributed by atoms with Crippen molar-refractivity contribution in [3.05, 3.63) is 89.7 Å². The lowest BCUT2D eigenvalue weighted by atomic mass is 9.99. The van der Waals surface area contributed by atoms with E-state index in [0.717, 1.165) is 55.0 Å². The molecule has 194 valence electrons. The van der Waals surface area contributed by atoms with Gasteiger partial charge < -0.3 is 9.80 Å². The highest BCUT2D eigenvalue weighted by atomic mass is 16.2. The highest BCUT2D eigenvalue weighted by Crippen LogP contribution is 2.31. The molecule has 0 spiro atoms. The van der Waals surface area contributed by atoms with Gasteiger partial charge >= 0.3 is 0 Å². The normalized spacial score (nSPS) is 16.6. The van der Waals surface area contributed by atoms with E-state index in [-0.39, 0.29) is 11.9 Å². The molecule has 1 aromatic heterocycles. The average molecular weight is 496 g/mol. The summed E-state index contributed by atoms with van der Waals surface area (Å²) < 4.78 is 0. The number of hydrogen-bond acceptors (Lipinski definition) is 3. The topological polar surface area (TPSA) is 36.4 Å². The second kappa shape index (κ2) is 12.5. The zero-order chi connectivity index (χ0) is 25.5. The lowest BCUT2D eigenvalue weighted by molar-refractivity contribution is 0.0546. The number of hydrogen-bond donors (Lipinski definition) is 0. The van der Waals surface area contributed by atoms with Gasteiger partial charge in [-0.05, 0) is 84.9 Å². The minimum atomic E-state index is 0.164. The van der Waals surface area contributed by atoms with Crippen molar-refractivity contribution in [1.29, 1.82) is 0 Å². The van der Waals surface area contributed by atoms with Crippen molar-refractivity contribution >= 4 is 5.91 Å². The first-order chi connectivity index (χ1) is 18.2. The number of nitrogens with zero attached hydrogens (tertiary/aromatic N) is 3. The molecule has 2 aliphatic rings. The third-order valence-electron chi connectivity index (χ3n) is 8.04. The van der Waals surface area contributed by atoms with Crippen molar-refractivity contribution < 1.29 is 4.79 Å². The van der Waals surface area contributed by atoms with Gasteiger partial charge in [0.25, 0.3) is 5.91 Å². The first kappa shape index (κ1) is 25.7. The number of rotatable bonds is 11. The molecule has 1 aliphatic heterocycles. The Hall–Kier alpha value is -2.98. The number of aryl methyl sites for hydroxylation is 1. The zero-order valence-electron chi connectivity index (χ0n) is 22.3. The Kier molecular flexibility index (Phi) is 8.68. The molecule has 4 heteroatoms. The minimum Gasteiger partial charge on any atom is -0.331 e. The molecule has 1 saturated heterocycles. The lowest BCUT2D eigenvalue weighted by Crippen LogP contribution is -2.47. The molecule has 1 aliphatic carbocycles. The second-order valence-electron chi connectivity index (χ2n) is 11.0. The van der Waals surface area contributed by atoms with Crippen LogP contribution in [0.4, 0.5) is 0 Å². The molecular formula is C33H41N3O. The molecule has 0 N–H and O–H groups in total. The van der Waals surface area contributed by atoms with E-state index in [0.29, 0.717) is 6.54 Å². The molecule has 1 saturated carbocycles. The second-order valence-corrected chi connectivity index (χ2v) is 11.0. The Balaban J connectivity index is 1.30. The van der Waals surface area contributed by atoms with E-state index >= 15 is 0 Å². The number of unbranched alkanes of at least 4 members (excludes halogenated alkanes) is 2. The fourth-order valence-electron chi connectivity index (χ4n) is 5.54. The largest absolute Gasteiger partial charge is 0.331 e. The highest BCUT2D eigenvalue weighted by Gasteiger charge is 2.31. The molecule has 2 fully saturated rings. The summed E-state index contributed by atoms with van der Waals surface area (Å²) in [5, 5.41) is 0. The Labute approximate surface area is 222 Å². The molecule has 0 atom stereocenters. The fraction of sp³-hybridized carbons (Fsp3) is 0.455. The van der Waals surface area contributed by atoms with Crippen LogP contribution in [0.2, 0.25) is 0 Å². The summed E-state index contributed by atoms with van der Waals surface area (Å²) in [7, 11) is 0. The number of carbonyl (C=O) groups is 1. The van der Waals surface area contributed by atoms with Crippen LogP contribution in [0.25, 0.3) is 11.1 Å². The summed E-state index contributed by atoms with van der Waals surface area (Å²) in [5.41, 5.74) is 5.59. The number of amides is 1. The van der Waals surface area contributed by atoms with Gasteiger partial charge in [0.1, 0.15) is 0 Å². The Bertz CT molecular complexity index is 1110.